The van der Waals surface area contributed by atoms with Gasteiger partial charge >= 0.3 is 0 Å². The predicted octanol–water partition coefficient (Wildman–Crippen LogP) is 3.71. The Balaban J connectivity index is 2.66. The first-order chi connectivity index (χ1) is 7.36. The molecule has 2 nitrogen and oxygen atoms in total. The maximum atomic E-state index is 5.70. The number of rotatable bonds is 0. The van der Waals surface area contributed by atoms with Crippen molar-refractivity contribution in [3.63, 3.8) is 0 Å². The summed E-state index contributed by atoms with van der Waals surface area (Å²) >= 11 is 5.41. The van der Waals surface area contributed by atoms with E-state index in [0.29, 0.717) is 0 Å². The van der Waals surface area contributed by atoms with E-state index in [1.54, 1.807) is 12.4 Å². The van der Waals surface area contributed by atoms with Gasteiger partial charge < -0.3 is 4.42 Å². The van der Waals surface area contributed by atoms with Crippen LogP contribution in [0.4, 0.5) is 0 Å². The molecule has 0 N–H and O–H groups in total. The normalized spacial score (nSPS) is 10.9. The number of hydrogen-bond acceptors (Lipinski definition) is 3. The molecular formula is C12H7NOS. The van der Waals surface area contributed by atoms with Crippen LogP contribution in [0.1, 0.15) is 0 Å². The molecule has 0 atom stereocenters. The molecule has 0 saturated carbocycles. The summed E-state index contributed by atoms with van der Waals surface area (Å²) in [5, 5.41) is 1.92. The molecule has 0 fully saturated rings. The highest BCUT2D eigenvalue weighted by atomic mass is 32.1. The lowest BCUT2D eigenvalue weighted by molar-refractivity contribution is 0.658. The van der Waals surface area contributed by atoms with Gasteiger partial charge in [0.05, 0.1) is 10.7 Å². The zero-order valence-corrected chi connectivity index (χ0v) is 8.62. The van der Waals surface area contributed by atoms with Gasteiger partial charge in [0.1, 0.15) is 5.58 Å². The van der Waals surface area contributed by atoms with Crippen molar-refractivity contribution in [2.75, 3.05) is 0 Å². The number of fused-ring (bicyclic) bond motifs is 2. The molecule has 15 heavy (non-hydrogen) atoms. The lowest BCUT2D eigenvalue weighted by Crippen LogP contribution is -1.79. The van der Waals surface area contributed by atoms with Crippen LogP contribution in [0.3, 0.4) is 0 Å². The molecule has 1 aromatic carbocycles. The number of pyridine rings is 1. The van der Waals surface area contributed by atoms with Gasteiger partial charge in [0.15, 0.2) is 5.58 Å². The van der Waals surface area contributed by atoms with Crippen molar-refractivity contribution in [2.45, 2.75) is 0 Å². The highest BCUT2D eigenvalue weighted by molar-refractivity contribution is 7.72. The quantitative estimate of drug-likeness (QED) is 0.420. The van der Waals surface area contributed by atoms with Crippen molar-refractivity contribution in [2.24, 2.45) is 0 Å². The van der Waals surface area contributed by atoms with Gasteiger partial charge in [-0.25, -0.2) is 0 Å². The van der Waals surface area contributed by atoms with Crippen molar-refractivity contribution in [3.05, 3.63) is 47.2 Å². The lowest BCUT2D eigenvalue weighted by Gasteiger charge is -2.00. The van der Waals surface area contributed by atoms with Crippen molar-refractivity contribution in [1.29, 1.82) is 0 Å². The molecule has 0 aliphatic heterocycles. The highest BCUT2D eigenvalue weighted by Crippen LogP contribution is 2.23. The molecule has 0 saturated heterocycles. The first-order valence-corrected chi connectivity index (χ1v) is 5.03. The van der Waals surface area contributed by atoms with Gasteiger partial charge in [-0.3, -0.25) is 4.98 Å². The van der Waals surface area contributed by atoms with Crippen LogP contribution >= 0.6 is 12.2 Å². The Morgan fingerprint density at radius 1 is 1.00 bits per heavy atom. The van der Waals surface area contributed by atoms with E-state index < -0.39 is 0 Å². The molecule has 0 spiro atoms. The Hall–Kier alpha value is -1.74. The van der Waals surface area contributed by atoms with Crippen molar-refractivity contribution < 1.29 is 4.42 Å². The molecular weight excluding hydrogens is 206 g/mol. The maximum Gasteiger partial charge on any atom is 0.154 e. The second kappa shape index (κ2) is 3.14. The summed E-state index contributed by atoms with van der Waals surface area (Å²) in [5.41, 5.74) is 1.55. The molecule has 3 heteroatoms. The summed E-state index contributed by atoms with van der Waals surface area (Å²) in [5.74, 6) is 0. The number of benzene rings is 1. The number of aromatic nitrogens is 1. The van der Waals surface area contributed by atoms with Gasteiger partial charge in [-0.1, -0.05) is 24.4 Å². The monoisotopic (exact) mass is 213 g/mol. The second-order valence-electron chi connectivity index (χ2n) is 3.30. The fraction of sp³-hybridized carbons (Fsp3) is 0. The summed E-state index contributed by atoms with van der Waals surface area (Å²) < 4.78 is 6.53. The summed E-state index contributed by atoms with van der Waals surface area (Å²) in [7, 11) is 0. The second-order valence-corrected chi connectivity index (χ2v) is 3.71. The van der Waals surface area contributed by atoms with Gasteiger partial charge in [0, 0.05) is 17.0 Å². The predicted molar refractivity (Wildman–Crippen MR) is 62.3 cm³/mol. The molecule has 0 aliphatic carbocycles. The van der Waals surface area contributed by atoms with Crippen LogP contribution in [0.2, 0.25) is 0 Å². The van der Waals surface area contributed by atoms with E-state index in [4.69, 9.17) is 16.6 Å². The lowest BCUT2D eigenvalue weighted by atomic mass is 10.2. The third kappa shape index (κ3) is 1.24. The van der Waals surface area contributed by atoms with Crippen LogP contribution in [-0.4, -0.2) is 4.98 Å². The largest absolute Gasteiger partial charge is 0.454 e. The number of para-hydroxylation sites is 1. The van der Waals surface area contributed by atoms with E-state index in [9.17, 15) is 0 Å². The summed E-state index contributed by atoms with van der Waals surface area (Å²) in [6, 6.07) is 9.66. The molecule has 0 unspecified atom stereocenters. The molecule has 72 valence electrons. The van der Waals surface area contributed by atoms with Crippen LogP contribution in [0.5, 0.6) is 0 Å². The number of hydrogen-bond donors (Lipinski definition) is 0. The Morgan fingerprint density at radius 2 is 1.80 bits per heavy atom. The molecule has 0 aliphatic rings. The van der Waals surface area contributed by atoms with Crippen molar-refractivity contribution in [3.8, 4) is 0 Å². The molecule has 3 aromatic rings. The molecule has 2 aromatic heterocycles. The third-order valence-corrected chi connectivity index (χ3v) is 2.82. The zero-order valence-electron chi connectivity index (χ0n) is 7.81. The van der Waals surface area contributed by atoms with Gasteiger partial charge in [0.25, 0.3) is 0 Å². The smallest absolute Gasteiger partial charge is 0.154 e. The van der Waals surface area contributed by atoms with Gasteiger partial charge in [-0.15, -0.1) is 0 Å². The SMILES string of the molecule is S=c1c2ccccc2oc2cnccc12. The van der Waals surface area contributed by atoms with Gasteiger partial charge in [0.2, 0.25) is 0 Å². The Bertz CT molecular complexity index is 645. The van der Waals surface area contributed by atoms with Crippen LogP contribution in [0.15, 0.2) is 47.1 Å². The minimum absolute atomic E-state index is 0.737. The standard InChI is InChI=1S/C12H7NOS/c15-12-8-3-1-2-4-10(8)14-11-7-13-6-5-9(11)12/h1-7H. The van der Waals surface area contributed by atoms with Gasteiger partial charge in [-0.2, -0.15) is 0 Å². The van der Waals surface area contributed by atoms with E-state index in [0.717, 1.165) is 26.4 Å². The van der Waals surface area contributed by atoms with Gasteiger partial charge in [-0.05, 0) is 18.2 Å². The summed E-state index contributed by atoms with van der Waals surface area (Å²) in [6.45, 7) is 0. The van der Waals surface area contributed by atoms with E-state index in [-0.39, 0.29) is 0 Å². The van der Waals surface area contributed by atoms with Crippen molar-refractivity contribution in [1.82, 2.24) is 4.98 Å². The van der Waals surface area contributed by atoms with Crippen LogP contribution in [-0.2, 0) is 0 Å². The van der Waals surface area contributed by atoms with E-state index >= 15 is 0 Å². The Morgan fingerprint density at radius 3 is 2.73 bits per heavy atom. The van der Waals surface area contributed by atoms with E-state index in [1.165, 1.54) is 0 Å². The summed E-state index contributed by atoms with van der Waals surface area (Å²) in [6.07, 6.45) is 3.42. The third-order valence-electron chi connectivity index (χ3n) is 2.38. The number of nitrogens with zero attached hydrogens (tertiary/aromatic N) is 1. The molecule has 3 rings (SSSR count). The van der Waals surface area contributed by atoms with Crippen molar-refractivity contribution >= 4 is 34.2 Å². The minimum Gasteiger partial charge on any atom is -0.454 e. The highest BCUT2D eigenvalue weighted by Gasteiger charge is 2.02. The van der Waals surface area contributed by atoms with E-state index in [1.807, 2.05) is 30.3 Å². The minimum atomic E-state index is 0.737. The zero-order chi connectivity index (χ0) is 10.3. The Kier molecular flexibility index (Phi) is 1.79. The average Bonchev–Trinajstić information content (AvgIpc) is 2.30. The fourth-order valence-corrected chi connectivity index (χ4v) is 1.99. The Labute approximate surface area is 91.2 Å². The molecule has 0 amide bonds. The topological polar surface area (TPSA) is 26.0 Å². The first-order valence-electron chi connectivity index (χ1n) is 4.62. The summed E-state index contributed by atoms with van der Waals surface area (Å²) in [4.78, 5) is 4.02. The van der Waals surface area contributed by atoms with E-state index in [2.05, 4.69) is 4.98 Å². The first kappa shape index (κ1) is 8.56. The van der Waals surface area contributed by atoms with Crippen LogP contribution < -0.4 is 0 Å². The molecule has 2 heterocycles. The maximum absolute atomic E-state index is 5.70. The average molecular weight is 213 g/mol. The fourth-order valence-electron chi connectivity index (χ4n) is 1.66. The van der Waals surface area contributed by atoms with Crippen LogP contribution in [0.25, 0.3) is 21.9 Å². The molecule has 0 radical (unpaired) electrons. The van der Waals surface area contributed by atoms with Crippen LogP contribution in [0, 0.1) is 4.51 Å². The molecule has 0 bridgehead atoms.